The Balaban J connectivity index is 1.29. The van der Waals surface area contributed by atoms with E-state index in [1.807, 2.05) is 29.4 Å². The van der Waals surface area contributed by atoms with Crippen molar-refractivity contribution in [2.24, 2.45) is 0 Å². The Morgan fingerprint density at radius 3 is 2.19 bits per heavy atom. The molecule has 1 saturated carbocycles. The number of aromatic nitrogens is 4. The van der Waals surface area contributed by atoms with E-state index in [2.05, 4.69) is 19.9 Å². The summed E-state index contributed by atoms with van der Waals surface area (Å²) in [6.07, 6.45) is 9.11. The second-order valence-corrected chi connectivity index (χ2v) is 10.2. The van der Waals surface area contributed by atoms with Crippen molar-refractivity contribution in [1.82, 2.24) is 24.2 Å². The van der Waals surface area contributed by atoms with Gasteiger partial charge in [0.2, 0.25) is 10.0 Å². The molecule has 1 aromatic carbocycles. The number of piperazine rings is 1. The maximum atomic E-state index is 14.6. The molecule has 0 radical (unpaired) electrons. The lowest BCUT2D eigenvalue weighted by Crippen LogP contribution is -2.48. The molecule has 10 heteroatoms. The van der Waals surface area contributed by atoms with Crippen molar-refractivity contribution in [3.05, 3.63) is 66.0 Å². The fraction of sp³-hybridized carbons (Fsp3) is 0.364. The van der Waals surface area contributed by atoms with Crippen molar-refractivity contribution in [1.29, 1.82) is 0 Å². The van der Waals surface area contributed by atoms with Crippen molar-refractivity contribution in [2.75, 3.05) is 37.3 Å². The van der Waals surface area contributed by atoms with Gasteiger partial charge in [0, 0.05) is 51.0 Å². The minimum atomic E-state index is -3.22. The average Bonchev–Trinajstić information content (AvgIpc) is 3.61. The highest BCUT2D eigenvalue weighted by atomic mass is 32.2. The van der Waals surface area contributed by atoms with Crippen molar-refractivity contribution in [3.8, 4) is 11.6 Å². The highest BCUT2D eigenvalue weighted by molar-refractivity contribution is 7.88. The van der Waals surface area contributed by atoms with E-state index >= 15 is 0 Å². The van der Waals surface area contributed by atoms with Crippen LogP contribution in [0.2, 0.25) is 0 Å². The zero-order valence-corrected chi connectivity index (χ0v) is 18.4. The van der Waals surface area contributed by atoms with Crippen molar-refractivity contribution in [2.45, 2.75) is 18.3 Å². The molecule has 2 aliphatic rings. The Kier molecular flexibility index (Phi) is 5.34. The molecule has 2 aromatic heterocycles. The number of hydrogen-bond acceptors (Lipinski definition) is 7. The molecule has 1 aliphatic heterocycles. The molecule has 0 amide bonds. The van der Waals surface area contributed by atoms with E-state index < -0.39 is 10.0 Å². The van der Waals surface area contributed by atoms with Crippen LogP contribution in [0.15, 0.2) is 49.1 Å². The Morgan fingerprint density at radius 1 is 0.906 bits per heavy atom. The van der Waals surface area contributed by atoms with Crippen LogP contribution in [0.1, 0.15) is 29.4 Å². The summed E-state index contributed by atoms with van der Waals surface area (Å²) in [6.45, 7) is 1.67. The van der Waals surface area contributed by atoms with Crippen LogP contribution in [-0.2, 0) is 10.0 Å². The molecule has 3 heterocycles. The van der Waals surface area contributed by atoms with E-state index in [0.717, 1.165) is 17.5 Å². The van der Waals surface area contributed by atoms with Gasteiger partial charge < -0.3 is 4.90 Å². The van der Waals surface area contributed by atoms with Gasteiger partial charge >= 0.3 is 0 Å². The molecule has 1 aliphatic carbocycles. The second-order valence-electron chi connectivity index (χ2n) is 8.22. The number of halogens is 1. The third kappa shape index (κ3) is 4.20. The van der Waals surface area contributed by atoms with E-state index in [1.54, 1.807) is 18.5 Å². The predicted octanol–water partition coefficient (Wildman–Crippen LogP) is 2.43. The highest BCUT2D eigenvalue weighted by Gasteiger charge is 2.40. The van der Waals surface area contributed by atoms with Crippen molar-refractivity contribution >= 4 is 15.7 Å². The van der Waals surface area contributed by atoms with E-state index in [1.165, 1.54) is 16.6 Å². The number of nitrogens with zero attached hydrogens (tertiary/aromatic N) is 6. The van der Waals surface area contributed by atoms with Crippen LogP contribution in [0.4, 0.5) is 10.1 Å². The van der Waals surface area contributed by atoms with Crippen LogP contribution in [0, 0.1) is 5.82 Å². The number of benzene rings is 1. The third-order valence-electron chi connectivity index (χ3n) is 6.10. The largest absolute Gasteiger partial charge is 0.367 e. The first kappa shape index (κ1) is 20.9. The molecule has 0 spiro atoms. The first-order valence-corrected chi connectivity index (χ1v) is 12.3. The van der Waals surface area contributed by atoms with Crippen molar-refractivity contribution < 1.29 is 12.8 Å². The highest BCUT2D eigenvalue weighted by Crippen LogP contribution is 2.54. The van der Waals surface area contributed by atoms with Crippen molar-refractivity contribution in [3.63, 3.8) is 0 Å². The second kappa shape index (κ2) is 8.18. The summed E-state index contributed by atoms with van der Waals surface area (Å²) in [5.41, 5.74) is 2.66. The van der Waals surface area contributed by atoms with Gasteiger partial charge in [0.15, 0.2) is 11.6 Å². The van der Waals surface area contributed by atoms with Crippen LogP contribution in [0.25, 0.3) is 11.6 Å². The van der Waals surface area contributed by atoms with Gasteiger partial charge in [0.05, 0.1) is 11.9 Å². The Hall–Kier alpha value is -2.98. The van der Waals surface area contributed by atoms with Crippen LogP contribution in [0.3, 0.4) is 0 Å². The van der Waals surface area contributed by atoms with Crippen LogP contribution in [-0.4, -0.2) is 65.1 Å². The molecular formula is C22H23FN6O2S. The van der Waals surface area contributed by atoms with E-state index in [-0.39, 0.29) is 11.7 Å². The standard InChI is InChI=1S/C22H23FN6O2S/c1-32(30,31)29-9-7-28(8-10-29)20-11-15(3-4-19(20)23)17-12-18(17)16-13-26-22(27-14-16)21-24-5-2-6-25-21/h2-6,11,13-14,17-18H,7-10,12H2,1H3. The molecule has 5 rings (SSSR count). The average molecular weight is 455 g/mol. The van der Waals surface area contributed by atoms with Crippen LogP contribution >= 0.6 is 0 Å². The quantitative estimate of drug-likeness (QED) is 0.585. The fourth-order valence-corrected chi connectivity index (χ4v) is 5.08. The molecule has 8 nitrogen and oxygen atoms in total. The van der Waals surface area contributed by atoms with Gasteiger partial charge in [0.1, 0.15) is 5.82 Å². The lowest BCUT2D eigenvalue weighted by Gasteiger charge is -2.35. The van der Waals surface area contributed by atoms with Gasteiger partial charge in [0.25, 0.3) is 0 Å². The minimum absolute atomic E-state index is 0.283. The van der Waals surface area contributed by atoms with Gasteiger partial charge in [-0.1, -0.05) is 6.07 Å². The number of anilines is 1. The van der Waals surface area contributed by atoms with Crippen LogP contribution in [0.5, 0.6) is 0 Å². The van der Waals surface area contributed by atoms with E-state index in [4.69, 9.17) is 0 Å². The summed E-state index contributed by atoms with van der Waals surface area (Å²) in [5.74, 6) is 1.28. The molecule has 2 fully saturated rings. The SMILES string of the molecule is CS(=O)(=O)N1CCN(c2cc(C3CC3c3cnc(-c4ncccn4)nc3)ccc2F)CC1. The molecule has 2 unspecified atom stereocenters. The molecule has 2 atom stereocenters. The van der Waals surface area contributed by atoms with Gasteiger partial charge in [-0.15, -0.1) is 0 Å². The first-order chi connectivity index (χ1) is 15.4. The summed E-state index contributed by atoms with van der Waals surface area (Å²) in [4.78, 5) is 19.1. The first-order valence-electron chi connectivity index (χ1n) is 10.5. The predicted molar refractivity (Wildman–Crippen MR) is 118 cm³/mol. The van der Waals surface area contributed by atoms with Gasteiger partial charge in [-0.05, 0) is 47.6 Å². The maximum absolute atomic E-state index is 14.6. The Morgan fingerprint density at radius 2 is 1.53 bits per heavy atom. The van der Waals surface area contributed by atoms with Crippen LogP contribution < -0.4 is 4.90 Å². The minimum Gasteiger partial charge on any atom is -0.367 e. The smallest absolute Gasteiger partial charge is 0.211 e. The summed E-state index contributed by atoms with van der Waals surface area (Å²) < 4.78 is 39.5. The lowest BCUT2D eigenvalue weighted by molar-refractivity contribution is 0.386. The van der Waals surface area contributed by atoms with E-state index in [0.29, 0.717) is 49.4 Å². The summed E-state index contributed by atoms with van der Waals surface area (Å²) >= 11 is 0. The molecular weight excluding hydrogens is 431 g/mol. The Labute approximate surface area is 186 Å². The monoisotopic (exact) mass is 454 g/mol. The number of sulfonamides is 1. The fourth-order valence-electron chi connectivity index (χ4n) is 4.25. The molecule has 0 N–H and O–H groups in total. The normalized spacial score (nSPS) is 21.5. The zero-order valence-electron chi connectivity index (χ0n) is 17.6. The summed E-state index contributed by atoms with van der Waals surface area (Å²) in [7, 11) is -3.22. The summed E-state index contributed by atoms with van der Waals surface area (Å²) in [6, 6.07) is 7.00. The Bertz CT molecular complexity index is 1210. The molecule has 166 valence electrons. The third-order valence-corrected chi connectivity index (χ3v) is 7.41. The number of rotatable bonds is 5. The topological polar surface area (TPSA) is 92.2 Å². The maximum Gasteiger partial charge on any atom is 0.211 e. The van der Waals surface area contributed by atoms with Gasteiger partial charge in [-0.25, -0.2) is 32.7 Å². The number of hydrogen-bond donors (Lipinski definition) is 0. The molecule has 3 aromatic rings. The molecule has 32 heavy (non-hydrogen) atoms. The molecule has 1 saturated heterocycles. The zero-order chi connectivity index (χ0) is 22.3. The lowest BCUT2D eigenvalue weighted by atomic mass is 10.0. The molecule has 0 bridgehead atoms. The van der Waals surface area contributed by atoms with Gasteiger partial charge in [-0.2, -0.15) is 4.31 Å². The summed E-state index contributed by atoms with van der Waals surface area (Å²) in [5, 5.41) is 0. The van der Waals surface area contributed by atoms with Gasteiger partial charge in [-0.3, -0.25) is 0 Å². The van der Waals surface area contributed by atoms with E-state index in [9.17, 15) is 12.8 Å².